The maximum atomic E-state index is 5.75. The largest absolute Gasteiger partial charge is 0.481 e. The molecule has 5 nitrogen and oxygen atoms in total. The molecule has 0 amide bonds. The second-order valence-corrected chi connectivity index (χ2v) is 4.72. The van der Waals surface area contributed by atoms with Crippen LogP contribution in [0.4, 0.5) is 5.82 Å². The minimum Gasteiger partial charge on any atom is -0.481 e. The van der Waals surface area contributed by atoms with Gasteiger partial charge in [0, 0.05) is 25.0 Å². The van der Waals surface area contributed by atoms with Crippen LogP contribution in [-0.2, 0) is 6.54 Å². The predicted octanol–water partition coefficient (Wildman–Crippen LogP) is 2.04. The molecule has 0 unspecified atom stereocenters. The molecule has 2 aromatic rings. The molecule has 0 saturated heterocycles. The number of hydrogen-bond acceptors (Lipinski definition) is 5. The Morgan fingerprint density at radius 2 is 2.10 bits per heavy atom. The van der Waals surface area contributed by atoms with Crippen molar-refractivity contribution < 1.29 is 4.74 Å². The van der Waals surface area contributed by atoms with Crippen molar-refractivity contribution in [3.8, 4) is 5.88 Å². The van der Waals surface area contributed by atoms with Crippen LogP contribution in [0.3, 0.4) is 0 Å². The van der Waals surface area contributed by atoms with Crippen LogP contribution in [0.25, 0.3) is 0 Å². The van der Waals surface area contributed by atoms with Gasteiger partial charge in [0.1, 0.15) is 10.8 Å². The molecule has 0 saturated carbocycles. The van der Waals surface area contributed by atoms with Crippen molar-refractivity contribution in [2.45, 2.75) is 13.5 Å². The zero-order chi connectivity index (χ0) is 14.5. The minimum absolute atomic E-state index is 0.338. The molecule has 104 valence electrons. The van der Waals surface area contributed by atoms with Gasteiger partial charge in [-0.2, -0.15) is 0 Å². The van der Waals surface area contributed by atoms with Crippen molar-refractivity contribution >= 4 is 23.0 Å². The lowest BCUT2D eigenvalue weighted by atomic mass is 10.1. The molecule has 3 N–H and O–H groups in total. The highest BCUT2D eigenvalue weighted by Crippen LogP contribution is 2.18. The van der Waals surface area contributed by atoms with Gasteiger partial charge in [-0.25, -0.2) is 9.97 Å². The topological polar surface area (TPSA) is 73.1 Å². The maximum Gasteiger partial charge on any atom is 0.213 e. The average Bonchev–Trinajstić information content (AvgIpc) is 2.45. The van der Waals surface area contributed by atoms with Crippen LogP contribution >= 0.6 is 12.2 Å². The smallest absolute Gasteiger partial charge is 0.213 e. The average molecular weight is 288 g/mol. The predicted molar refractivity (Wildman–Crippen MR) is 83.0 cm³/mol. The number of aromatic nitrogens is 2. The van der Waals surface area contributed by atoms with E-state index in [4.69, 9.17) is 22.7 Å². The number of nitrogens with one attached hydrogen (secondary N) is 1. The molecule has 0 aliphatic heterocycles. The first-order chi connectivity index (χ1) is 9.61. The number of pyridine rings is 2. The Morgan fingerprint density at radius 1 is 1.35 bits per heavy atom. The van der Waals surface area contributed by atoms with Crippen molar-refractivity contribution in [3.05, 3.63) is 47.3 Å². The first kappa shape index (κ1) is 14.2. The van der Waals surface area contributed by atoms with Crippen LogP contribution < -0.4 is 15.8 Å². The standard InChI is InChI=1S/C14H16N4OS/c1-9-3-5-17-14(12(9)13(15)20)18-8-10-4-6-16-11(7-10)19-2/h3-7H,8H2,1-2H3,(H2,15,20)(H,17,18). The van der Waals surface area contributed by atoms with E-state index in [-0.39, 0.29) is 0 Å². The molecule has 0 aromatic carbocycles. The van der Waals surface area contributed by atoms with Gasteiger partial charge in [-0.3, -0.25) is 0 Å². The Bertz CT molecular complexity index is 630. The molecule has 0 spiro atoms. The van der Waals surface area contributed by atoms with Crippen LogP contribution in [0, 0.1) is 6.92 Å². The number of nitrogens with zero attached hydrogens (tertiary/aromatic N) is 2. The number of thiocarbonyl (C=S) groups is 1. The maximum absolute atomic E-state index is 5.75. The molecule has 20 heavy (non-hydrogen) atoms. The fourth-order valence-corrected chi connectivity index (χ4v) is 2.12. The molecule has 0 radical (unpaired) electrons. The number of rotatable bonds is 5. The highest BCUT2D eigenvalue weighted by atomic mass is 32.1. The lowest BCUT2D eigenvalue weighted by Gasteiger charge is -2.12. The highest BCUT2D eigenvalue weighted by molar-refractivity contribution is 7.80. The summed E-state index contributed by atoms with van der Waals surface area (Å²) in [6.07, 6.45) is 3.43. The summed E-state index contributed by atoms with van der Waals surface area (Å²) < 4.78 is 5.09. The third-order valence-corrected chi connectivity index (χ3v) is 3.08. The van der Waals surface area contributed by atoms with Gasteiger partial charge in [0.15, 0.2) is 0 Å². The molecular weight excluding hydrogens is 272 g/mol. The van der Waals surface area contributed by atoms with E-state index >= 15 is 0 Å². The van der Waals surface area contributed by atoms with Crippen LogP contribution in [0.15, 0.2) is 30.6 Å². The van der Waals surface area contributed by atoms with Crippen molar-refractivity contribution in [2.75, 3.05) is 12.4 Å². The number of anilines is 1. The molecule has 0 aliphatic rings. The van der Waals surface area contributed by atoms with Gasteiger partial charge < -0.3 is 15.8 Å². The summed E-state index contributed by atoms with van der Waals surface area (Å²) in [4.78, 5) is 8.70. The Morgan fingerprint density at radius 3 is 2.80 bits per heavy atom. The Kier molecular flexibility index (Phi) is 4.47. The van der Waals surface area contributed by atoms with E-state index in [1.807, 2.05) is 25.1 Å². The summed E-state index contributed by atoms with van der Waals surface area (Å²) >= 11 is 5.08. The van der Waals surface area contributed by atoms with Crippen molar-refractivity contribution in [1.82, 2.24) is 9.97 Å². The van der Waals surface area contributed by atoms with Crippen LogP contribution in [0.5, 0.6) is 5.88 Å². The molecule has 0 bridgehead atoms. The van der Waals surface area contributed by atoms with E-state index in [0.717, 1.165) is 16.7 Å². The zero-order valence-corrected chi connectivity index (χ0v) is 12.2. The van der Waals surface area contributed by atoms with E-state index in [0.29, 0.717) is 23.2 Å². The van der Waals surface area contributed by atoms with Crippen LogP contribution in [-0.4, -0.2) is 22.1 Å². The lowest BCUT2D eigenvalue weighted by molar-refractivity contribution is 0.397. The molecule has 2 aromatic heterocycles. The lowest BCUT2D eigenvalue weighted by Crippen LogP contribution is -2.16. The van der Waals surface area contributed by atoms with Gasteiger partial charge in [0.25, 0.3) is 0 Å². The third-order valence-electron chi connectivity index (χ3n) is 2.87. The van der Waals surface area contributed by atoms with Gasteiger partial charge in [-0.05, 0) is 30.2 Å². The number of aryl methyl sites for hydroxylation is 1. The van der Waals surface area contributed by atoms with Crippen molar-refractivity contribution in [3.63, 3.8) is 0 Å². The molecule has 6 heteroatoms. The normalized spacial score (nSPS) is 10.1. The van der Waals surface area contributed by atoms with Gasteiger partial charge in [-0.15, -0.1) is 0 Å². The zero-order valence-electron chi connectivity index (χ0n) is 11.4. The molecule has 0 aliphatic carbocycles. The fraction of sp³-hybridized carbons (Fsp3) is 0.214. The Labute approximate surface area is 123 Å². The van der Waals surface area contributed by atoms with Gasteiger partial charge in [-0.1, -0.05) is 12.2 Å². The summed E-state index contributed by atoms with van der Waals surface area (Å²) in [5, 5.41) is 3.24. The SMILES string of the molecule is COc1cc(CNc2nccc(C)c2C(N)=S)ccn1. The van der Waals surface area contributed by atoms with Crippen molar-refractivity contribution in [2.24, 2.45) is 5.73 Å². The monoisotopic (exact) mass is 288 g/mol. The molecule has 2 heterocycles. The van der Waals surface area contributed by atoms with E-state index in [9.17, 15) is 0 Å². The second kappa shape index (κ2) is 6.29. The summed E-state index contributed by atoms with van der Waals surface area (Å²) in [5.41, 5.74) is 8.57. The number of ether oxygens (including phenoxy) is 1. The molecule has 0 fully saturated rings. The van der Waals surface area contributed by atoms with Gasteiger partial charge >= 0.3 is 0 Å². The van der Waals surface area contributed by atoms with Crippen molar-refractivity contribution in [1.29, 1.82) is 0 Å². The fourth-order valence-electron chi connectivity index (χ4n) is 1.86. The van der Waals surface area contributed by atoms with E-state index < -0.39 is 0 Å². The minimum atomic E-state index is 0.338. The van der Waals surface area contributed by atoms with E-state index in [1.165, 1.54) is 0 Å². The van der Waals surface area contributed by atoms with Crippen LogP contribution in [0.2, 0.25) is 0 Å². The van der Waals surface area contributed by atoms with E-state index in [2.05, 4.69) is 15.3 Å². The first-order valence-electron chi connectivity index (χ1n) is 6.10. The molecule has 0 atom stereocenters. The Hall–Kier alpha value is -2.21. The first-order valence-corrected chi connectivity index (χ1v) is 6.51. The highest BCUT2D eigenvalue weighted by Gasteiger charge is 2.09. The Balaban J connectivity index is 2.18. The van der Waals surface area contributed by atoms with Gasteiger partial charge in [0.05, 0.1) is 12.7 Å². The summed E-state index contributed by atoms with van der Waals surface area (Å²) in [7, 11) is 1.59. The van der Waals surface area contributed by atoms with E-state index in [1.54, 1.807) is 19.5 Å². The number of methoxy groups -OCH3 is 1. The third kappa shape index (κ3) is 3.21. The number of hydrogen-bond donors (Lipinski definition) is 2. The van der Waals surface area contributed by atoms with Gasteiger partial charge in [0.2, 0.25) is 5.88 Å². The quantitative estimate of drug-likeness (QED) is 0.820. The molecule has 2 rings (SSSR count). The number of nitrogens with two attached hydrogens (primary N) is 1. The summed E-state index contributed by atoms with van der Waals surface area (Å²) in [6.45, 7) is 2.54. The second-order valence-electron chi connectivity index (χ2n) is 4.28. The summed E-state index contributed by atoms with van der Waals surface area (Å²) in [5.74, 6) is 1.27. The van der Waals surface area contributed by atoms with Crippen LogP contribution in [0.1, 0.15) is 16.7 Å². The molecular formula is C14H16N4OS. The summed E-state index contributed by atoms with van der Waals surface area (Å²) in [6, 6.07) is 5.66.